The number of hydrogen-bond donors (Lipinski definition) is 0. The SMILES string of the molecule is Cc1csc(N2CCCN(C(=O)c3ccc(Br)c(S(=O)(=O)N(C)C)c3)CC2)n1. The summed E-state index contributed by atoms with van der Waals surface area (Å²) in [6, 6.07) is 4.73. The lowest BCUT2D eigenvalue weighted by Crippen LogP contribution is -2.35. The summed E-state index contributed by atoms with van der Waals surface area (Å²) in [7, 11) is -0.699. The summed E-state index contributed by atoms with van der Waals surface area (Å²) < 4.78 is 26.6. The molecule has 28 heavy (non-hydrogen) atoms. The monoisotopic (exact) mass is 486 g/mol. The van der Waals surface area contributed by atoms with Crippen molar-refractivity contribution in [1.29, 1.82) is 0 Å². The number of carbonyl (C=O) groups is 1. The van der Waals surface area contributed by atoms with Crippen molar-refractivity contribution in [2.45, 2.75) is 18.2 Å². The Balaban J connectivity index is 1.79. The summed E-state index contributed by atoms with van der Waals surface area (Å²) in [5.74, 6) is -0.153. The highest BCUT2D eigenvalue weighted by Gasteiger charge is 2.25. The van der Waals surface area contributed by atoms with Gasteiger partial charge in [0.2, 0.25) is 10.0 Å². The van der Waals surface area contributed by atoms with Crippen molar-refractivity contribution < 1.29 is 13.2 Å². The van der Waals surface area contributed by atoms with Crippen molar-refractivity contribution in [1.82, 2.24) is 14.2 Å². The van der Waals surface area contributed by atoms with Crippen LogP contribution in [0.15, 0.2) is 32.9 Å². The highest BCUT2D eigenvalue weighted by Crippen LogP contribution is 2.26. The first-order chi connectivity index (χ1) is 13.2. The summed E-state index contributed by atoms with van der Waals surface area (Å²) >= 11 is 4.90. The molecule has 0 saturated carbocycles. The number of sulfonamides is 1. The summed E-state index contributed by atoms with van der Waals surface area (Å²) in [6.45, 7) is 4.73. The molecule has 0 bridgehead atoms. The number of benzene rings is 1. The molecule has 152 valence electrons. The second-order valence-corrected chi connectivity index (χ2v) is 10.6. The highest BCUT2D eigenvalue weighted by molar-refractivity contribution is 9.10. The van der Waals surface area contributed by atoms with Crippen LogP contribution in [0.3, 0.4) is 0 Å². The van der Waals surface area contributed by atoms with Gasteiger partial charge in [-0.1, -0.05) is 0 Å². The van der Waals surface area contributed by atoms with E-state index in [2.05, 4.69) is 25.8 Å². The van der Waals surface area contributed by atoms with Crippen LogP contribution in [0.2, 0.25) is 0 Å². The molecule has 10 heteroatoms. The van der Waals surface area contributed by atoms with Crippen LogP contribution in [-0.2, 0) is 10.0 Å². The maximum absolute atomic E-state index is 13.0. The minimum absolute atomic E-state index is 0.0954. The Morgan fingerprint density at radius 2 is 1.96 bits per heavy atom. The Labute approximate surface area is 178 Å². The van der Waals surface area contributed by atoms with Gasteiger partial charge in [0.15, 0.2) is 5.13 Å². The molecule has 0 aliphatic carbocycles. The number of amides is 1. The van der Waals surface area contributed by atoms with E-state index in [1.165, 1.54) is 20.2 Å². The Bertz CT molecular complexity index is 975. The minimum Gasteiger partial charge on any atom is -0.346 e. The molecule has 1 aliphatic heterocycles. The zero-order chi connectivity index (χ0) is 20.5. The van der Waals surface area contributed by atoms with Gasteiger partial charge in [-0.3, -0.25) is 4.79 Å². The molecule has 2 aromatic rings. The van der Waals surface area contributed by atoms with Gasteiger partial charge in [-0.05, 0) is 47.5 Å². The van der Waals surface area contributed by atoms with Crippen molar-refractivity contribution in [3.8, 4) is 0 Å². The maximum atomic E-state index is 13.0. The first kappa shape index (κ1) is 21.2. The maximum Gasteiger partial charge on any atom is 0.253 e. The number of thiazole rings is 1. The second-order valence-electron chi connectivity index (χ2n) is 6.84. The van der Waals surface area contributed by atoms with E-state index in [0.29, 0.717) is 29.7 Å². The van der Waals surface area contributed by atoms with Crippen LogP contribution in [0.25, 0.3) is 0 Å². The molecule has 0 unspecified atom stereocenters. The van der Waals surface area contributed by atoms with Crippen molar-refractivity contribution in [2.75, 3.05) is 45.2 Å². The van der Waals surface area contributed by atoms with Crippen LogP contribution in [-0.4, -0.2) is 68.8 Å². The standard InChI is InChI=1S/C18H23BrN4O3S2/c1-13-12-27-18(20-13)23-8-4-7-22(9-10-23)17(24)14-5-6-15(19)16(11-14)28(25,26)21(2)3/h5-6,11-12H,4,7-10H2,1-3H3. The van der Waals surface area contributed by atoms with Gasteiger partial charge >= 0.3 is 0 Å². The lowest BCUT2D eigenvalue weighted by molar-refractivity contribution is 0.0766. The molecule has 0 spiro atoms. The number of hydrogen-bond acceptors (Lipinski definition) is 6. The normalized spacial score (nSPS) is 15.8. The molecule has 2 heterocycles. The van der Waals surface area contributed by atoms with Gasteiger partial charge in [-0.2, -0.15) is 0 Å². The first-order valence-electron chi connectivity index (χ1n) is 8.88. The summed E-state index contributed by atoms with van der Waals surface area (Å²) in [5, 5.41) is 3.01. The molecule has 0 N–H and O–H groups in total. The molecule has 0 radical (unpaired) electrons. The van der Waals surface area contributed by atoms with E-state index in [4.69, 9.17) is 0 Å². The summed E-state index contributed by atoms with van der Waals surface area (Å²) in [4.78, 5) is 21.6. The van der Waals surface area contributed by atoms with Gasteiger partial charge in [0.25, 0.3) is 5.91 Å². The Morgan fingerprint density at radius 3 is 2.61 bits per heavy atom. The molecular weight excluding hydrogens is 464 g/mol. The van der Waals surface area contributed by atoms with Crippen molar-refractivity contribution in [3.63, 3.8) is 0 Å². The van der Waals surface area contributed by atoms with Gasteiger partial charge in [0.05, 0.1) is 10.6 Å². The van der Waals surface area contributed by atoms with E-state index in [1.807, 2.05) is 12.3 Å². The third-order valence-corrected chi connectivity index (χ3v) is 8.43. The minimum atomic E-state index is -3.64. The third-order valence-electron chi connectivity index (χ3n) is 4.60. The first-order valence-corrected chi connectivity index (χ1v) is 12.0. The topological polar surface area (TPSA) is 73.8 Å². The van der Waals surface area contributed by atoms with Crippen LogP contribution >= 0.6 is 27.3 Å². The smallest absolute Gasteiger partial charge is 0.253 e. The van der Waals surface area contributed by atoms with E-state index < -0.39 is 10.0 Å². The molecule has 7 nitrogen and oxygen atoms in total. The fourth-order valence-corrected chi connectivity index (χ4v) is 5.71. The fourth-order valence-electron chi connectivity index (χ4n) is 3.01. The van der Waals surface area contributed by atoms with Gasteiger partial charge in [0, 0.05) is 55.7 Å². The number of rotatable bonds is 4. The molecule has 1 aliphatic rings. The zero-order valence-electron chi connectivity index (χ0n) is 16.1. The second kappa shape index (κ2) is 8.48. The molecule has 3 rings (SSSR count). The molecule has 1 fully saturated rings. The van der Waals surface area contributed by atoms with E-state index >= 15 is 0 Å². The van der Waals surface area contributed by atoms with E-state index in [1.54, 1.807) is 28.4 Å². The summed E-state index contributed by atoms with van der Waals surface area (Å²) in [5.41, 5.74) is 1.38. The van der Waals surface area contributed by atoms with Crippen LogP contribution in [0.1, 0.15) is 22.5 Å². The van der Waals surface area contributed by atoms with E-state index in [-0.39, 0.29) is 10.8 Å². The van der Waals surface area contributed by atoms with Crippen LogP contribution < -0.4 is 4.90 Å². The number of anilines is 1. The molecule has 1 saturated heterocycles. The zero-order valence-corrected chi connectivity index (χ0v) is 19.3. The average molecular weight is 487 g/mol. The number of aryl methyl sites for hydroxylation is 1. The molecule has 1 amide bonds. The van der Waals surface area contributed by atoms with Crippen LogP contribution in [0.5, 0.6) is 0 Å². The predicted octanol–water partition coefficient (Wildman–Crippen LogP) is 2.82. The summed E-state index contributed by atoms with van der Waals surface area (Å²) in [6.07, 6.45) is 0.837. The van der Waals surface area contributed by atoms with Gasteiger partial charge in [-0.25, -0.2) is 17.7 Å². The van der Waals surface area contributed by atoms with E-state index in [0.717, 1.165) is 28.1 Å². The quantitative estimate of drug-likeness (QED) is 0.663. The number of carbonyl (C=O) groups excluding carboxylic acids is 1. The highest BCUT2D eigenvalue weighted by atomic mass is 79.9. The van der Waals surface area contributed by atoms with Gasteiger partial charge < -0.3 is 9.80 Å². The average Bonchev–Trinajstić information content (AvgIpc) is 2.93. The molecular formula is C18H23BrN4O3S2. The van der Waals surface area contributed by atoms with Crippen molar-refractivity contribution >= 4 is 48.3 Å². The van der Waals surface area contributed by atoms with E-state index in [9.17, 15) is 13.2 Å². The third kappa shape index (κ3) is 4.40. The number of nitrogens with zero attached hydrogens (tertiary/aromatic N) is 4. The lowest BCUT2D eigenvalue weighted by atomic mass is 10.2. The largest absolute Gasteiger partial charge is 0.346 e. The lowest BCUT2D eigenvalue weighted by Gasteiger charge is -2.22. The van der Waals surface area contributed by atoms with Crippen molar-refractivity contribution in [3.05, 3.63) is 39.3 Å². The molecule has 0 atom stereocenters. The van der Waals surface area contributed by atoms with Crippen LogP contribution in [0, 0.1) is 6.92 Å². The molecule has 1 aromatic heterocycles. The predicted molar refractivity (Wildman–Crippen MR) is 115 cm³/mol. The number of halogens is 1. The Kier molecular flexibility index (Phi) is 6.43. The Hall–Kier alpha value is -1.49. The molecule has 1 aromatic carbocycles. The van der Waals surface area contributed by atoms with Gasteiger partial charge in [-0.15, -0.1) is 11.3 Å². The van der Waals surface area contributed by atoms with Gasteiger partial charge in [0.1, 0.15) is 0 Å². The van der Waals surface area contributed by atoms with Crippen molar-refractivity contribution in [2.24, 2.45) is 0 Å². The fraction of sp³-hybridized carbons (Fsp3) is 0.444. The Morgan fingerprint density at radius 1 is 1.21 bits per heavy atom. The van der Waals surface area contributed by atoms with Crippen LogP contribution in [0.4, 0.5) is 5.13 Å². The number of aromatic nitrogens is 1.